The molecule has 1 atom stereocenters. The molecule has 3 aromatic rings. The number of pyridine rings is 1. The first-order valence-corrected chi connectivity index (χ1v) is 9.82. The lowest BCUT2D eigenvalue weighted by Crippen LogP contribution is -2.44. The van der Waals surface area contributed by atoms with Crippen LogP contribution in [0.25, 0.3) is 0 Å². The predicted molar refractivity (Wildman–Crippen MR) is 111 cm³/mol. The van der Waals surface area contributed by atoms with Gasteiger partial charge in [0.2, 0.25) is 11.9 Å². The Kier molecular flexibility index (Phi) is 5.45. The van der Waals surface area contributed by atoms with Gasteiger partial charge in [-0.1, -0.05) is 6.07 Å². The van der Waals surface area contributed by atoms with E-state index >= 15 is 0 Å². The summed E-state index contributed by atoms with van der Waals surface area (Å²) in [6, 6.07) is 3.43. The van der Waals surface area contributed by atoms with Gasteiger partial charge < -0.3 is 15.5 Å². The number of alkyl halides is 3. The van der Waals surface area contributed by atoms with Gasteiger partial charge in [-0.3, -0.25) is 9.48 Å². The van der Waals surface area contributed by atoms with Crippen molar-refractivity contribution in [2.75, 3.05) is 22.6 Å². The minimum absolute atomic E-state index is 0.112. The van der Waals surface area contributed by atoms with E-state index in [-0.39, 0.29) is 24.2 Å². The zero-order valence-corrected chi connectivity index (χ0v) is 17.6. The van der Waals surface area contributed by atoms with Crippen LogP contribution in [0.15, 0.2) is 30.6 Å². The SMILES string of the molecule is Cc1nc(NCc2cnn(Cc3cccc(C(F)(F)F)n3)c2)nc2c1NC(=O)[C@H](C)N2C. The van der Waals surface area contributed by atoms with Gasteiger partial charge in [0, 0.05) is 25.4 Å². The summed E-state index contributed by atoms with van der Waals surface area (Å²) in [5.41, 5.74) is 1.35. The predicted octanol–water partition coefficient (Wildman–Crippen LogP) is 2.83. The molecule has 3 aromatic heterocycles. The molecule has 0 spiro atoms. The van der Waals surface area contributed by atoms with E-state index in [1.54, 1.807) is 38.2 Å². The Bertz CT molecular complexity index is 1160. The summed E-state index contributed by atoms with van der Waals surface area (Å²) < 4.78 is 40.0. The largest absolute Gasteiger partial charge is 0.433 e. The minimum atomic E-state index is -4.49. The molecule has 0 aromatic carbocycles. The van der Waals surface area contributed by atoms with Crippen LogP contribution in [0.3, 0.4) is 0 Å². The molecule has 0 bridgehead atoms. The van der Waals surface area contributed by atoms with Gasteiger partial charge in [0.05, 0.1) is 24.1 Å². The quantitative estimate of drug-likeness (QED) is 0.622. The van der Waals surface area contributed by atoms with Crippen LogP contribution in [0.2, 0.25) is 0 Å². The van der Waals surface area contributed by atoms with Crippen molar-refractivity contribution in [1.82, 2.24) is 24.7 Å². The molecule has 168 valence electrons. The van der Waals surface area contributed by atoms with Gasteiger partial charge in [-0.2, -0.15) is 23.3 Å². The van der Waals surface area contributed by atoms with Crippen molar-refractivity contribution in [2.24, 2.45) is 0 Å². The molecule has 1 aliphatic rings. The molecule has 12 heteroatoms. The van der Waals surface area contributed by atoms with Gasteiger partial charge in [0.15, 0.2) is 5.82 Å². The second-order valence-corrected chi connectivity index (χ2v) is 7.52. The summed E-state index contributed by atoms with van der Waals surface area (Å²) in [6.45, 7) is 4.05. The Labute approximate surface area is 181 Å². The van der Waals surface area contributed by atoms with Crippen molar-refractivity contribution in [1.29, 1.82) is 0 Å². The molecule has 0 saturated heterocycles. The van der Waals surface area contributed by atoms with Crippen LogP contribution in [-0.2, 0) is 24.1 Å². The van der Waals surface area contributed by atoms with Gasteiger partial charge in [-0.05, 0) is 26.0 Å². The Hall–Kier alpha value is -3.70. The van der Waals surface area contributed by atoms with Crippen molar-refractivity contribution < 1.29 is 18.0 Å². The Morgan fingerprint density at radius 3 is 2.75 bits per heavy atom. The fourth-order valence-electron chi connectivity index (χ4n) is 3.28. The third-order valence-corrected chi connectivity index (χ3v) is 5.17. The maximum atomic E-state index is 12.8. The van der Waals surface area contributed by atoms with Crippen LogP contribution in [-0.4, -0.2) is 43.7 Å². The fourth-order valence-corrected chi connectivity index (χ4v) is 3.28. The van der Waals surface area contributed by atoms with Gasteiger partial charge in [0.1, 0.15) is 17.4 Å². The number of rotatable bonds is 5. The highest BCUT2D eigenvalue weighted by Gasteiger charge is 2.32. The van der Waals surface area contributed by atoms with Crippen molar-refractivity contribution >= 4 is 23.4 Å². The number of nitrogens with one attached hydrogen (secondary N) is 2. The van der Waals surface area contributed by atoms with Crippen LogP contribution < -0.4 is 15.5 Å². The van der Waals surface area contributed by atoms with E-state index in [2.05, 4.69) is 30.7 Å². The number of nitrogens with zero attached hydrogens (tertiary/aromatic N) is 6. The average molecular weight is 446 g/mol. The molecular formula is C20H21F3N8O. The summed E-state index contributed by atoms with van der Waals surface area (Å²) in [6.07, 6.45) is -1.16. The van der Waals surface area contributed by atoms with Crippen LogP contribution in [0.5, 0.6) is 0 Å². The Morgan fingerprint density at radius 2 is 2.00 bits per heavy atom. The van der Waals surface area contributed by atoms with E-state index in [1.165, 1.54) is 16.8 Å². The number of amides is 1. The number of aryl methyl sites for hydroxylation is 1. The molecule has 0 saturated carbocycles. The number of carbonyl (C=O) groups excluding carboxylic acids is 1. The van der Waals surface area contributed by atoms with E-state index in [4.69, 9.17) is 0 Å². The van der Waals surface area contributed by atoms with Gasteiger partial charge in [-0.15, -0.1) is 0 Å². The van der Waals surface area contributed by atoms with Crippen molar-refractivity contribution in [3.63, 3.8) is 0 Å². The third kappa shape index (κ3) is 4.34. The second-order valence-electron chi connectivity index (χ2n) is 7.52. The van der Waals surface area contributed by atoms with Gasteiger partial charge >= 0.3 is 6.18 Å². The highest BCUT2D eigenvalue weighted by Crippen LogP contribution is 2.32. The average Bonchev–Trinajstić information content (AvgIpc) is 3.18. The van der Waals surface area contributed by atoms with Gasteiger partial charge in [0.25, 0.3) is 0 Å². The number of aromatic nitrogens is 5. The van der Waals surface area contributed by atoms with E-state index in [0.717, 1.165) is 11.6 Å². The second kappa shape index (κ2) is 8.09. The summed E-state index contributed by atoms with van der Waals surface area (Å²) in [5, 5.41) is 10.1. The molecular weight excluding hydrogens is 425 g/mol. The molecule has 1 aliphatic heterocycles. The molecule has 1 amide bonds. The number of hydrogen-bond acceptors (Lipinski definition) is 7. The smallest absolute Gasteiger partial charge is 0.350 e. The number of hydrogen-bond donors (Lipinski definition) is 2. The molecule has 2 N–H and O–H groups in total. The van der Waals surface area contributed by atoms with Crippen molar-refractivity contribution in [3.8, 4) is 0 Å². The first-order valence-electron chi connectivity index (χ1n) is 9.82. The third-order valence-electron chi connectivity index (χ3n) is 5.17. The lowest BCUT2D eigenvalue weighted by molar-refractivity contribution is -0.141. The first-order chi connectivity index (χ1) is 15.1. The van der Waals surface area contributed by atoms with E-state index < -0.39 is 11.9 Å². The topological polar surface area (TPSA) is 101 Å². The number of fused-ring (bicyclic) bond motifs is 1. The lowest BCUT2D eigenvalue weighted by Gasteiger charge is -2.32. The fraction of sp³-hybridized carbons (Fsp3) is 0.350. The molecule has 0 aliphatic carbocycles. The number of halogens is 3. The minimum Gasteiger partial charge on any atom is -0.350 e. The van der Waals surface area contributed by atoms with Gasteiger partial charge in [-0.25, -0.2) is 9.97 Å². The van der Waals surface area contributed by atoms with Crippen molar-refractivity contribution in [3.05, 3.63) is 53.2 Å². The summed E-state index contributed by atoms with van der Waals surface area (Å²) >= 11 is 0. The van der Waals surface area contributed by atoms with Crippen LogP contribution in [0.4, 0.5) is 30.6 Å². The zero-order chi connectivity index (χ0) is 23.0. The molecule has 0 radical (unpaired) electrons. The molecule has 4 heterocycles. The highest BCUT2D eigenvalue weighted by molar-refractivity contribution is 6.03. The zero-order valence-electron chi connectivity index (χ0n) is 17.6. The molecule has 0 unspecified atom stereocenters. The molecule has 0 fully saturated rings. The van der Waals surface area contributed by atoms with E-state index in [0.29, 0.717) is 29.7 Å². The van der Waals surface area contributed by atoms with Crippen molar-refractivity contribution in [2.45, 2.75) is 39.2 Å². The molecule has 4 rings (SSSR count). The summed E-state index contributed by atoms with van der Waals surface area (Å²) in [4.78, 5) is 26.4. The standard InChI is InChI=1S/C20H21F3N8O/c1-11-16-17(30(3)12(2)18(32)28-16)29-19(26-11)24-7-13-8-25-31(9-13)10-14-5-4-6-15(27-14)20(21,22)23/h4-6,8-9,12H,7,10H2,1-3H3,(H,28,32)(H,24,26,29)/t12-/m0/s1. The Balaban J connectivity index is 1.44. The van der Waals surface area contributed by atoms with Crippen LogP contribution in [0.1, 0.15) is 29.6 Å². The molecule has 32 heavy (non-hydrogen) atoms. The van der Waals surface area contributed by atoms with E-state index in [9.17, 15) is 18.0 Å². The molecule has 9 nitrogen and oxygen atoms in total. The van der Waals surface area contributed by atoms with E-state index in [1.807, 2.05) is 0 Å². The summed E-state index contributed by atoms with van der Waals surface area (Å²) in [5.74, 6) is 0.900. The summed E-state index contributed by atoms with van der Waals surface area (Å²) in [7, 11) is 1.80. The number of likely N-dealkylation sites (N-methyl/N-ethyl adjacent to an activating group) is 1. The number of carbonyl (C=O) groups is 1. The highest BCUT2D eigenvalue weighted by atomic mass is 19.4. The Morgan fingerprint density at radius 1 is 1.22 bits per heavy atom. The van der Waals surface area contributed by atoms with Crippen LogP contribution in [0, 0.1) is 6.92 Å². The monoisotopic (exact) mass is 446 g/mol. The maximum absolute atomic E-state index is 12.8. The maximum Gasteiger partial charge on any atom is 0.433 e. The normalized spacial score (nSPS) is 16.0. The first kappa shape index (κ1) is 21.5. The lowest BCUT2D eigenvalue weighted by atomic mass is 10.2. The number of anilines is 3. The van der Waals surface area contributed by atoms with Crippen LogP contribution >= 0.6 is 0 Å².